The molecule has 1 fully saturated rings. The second-order valence-electron chi connectivity index (χ2n) is 6.77. The Morgan fingerprint density at radius 3 is 2.44 bits per heavy atom. The van der Waals surface area contributed by atoms with E-state index in [0.29, 0.717) is 17.2 Å². The zero-order valence-corrected chi connectivity index (χ0v) is 14.6. The van der Waals surface area contributed by atoms with Gasteiger partial charge in [-0.1, -0.05) is 6.42 Å². The van der Waals surface area contributed by atoms with Crippen molar-refractivity contribution in [1.82, 2.24) is 20.2 Å². The number of hydrogen-bond donors (Lipinski definition) is 2. The lowest BCUT2D eigenvalue weighted by molar-refractivity contribution is 0.174. The molecule has 0 unspecified atom stereocenters. The maximum absolute atomic E-state index is 6.36. The van der Waals surface area contributed by atoms with Gasteiger partial charge in [0.2, 0.25) is 18.7 Å². The van der Waals surface area contributed by atoms with Crippen molar-refractivity contribution < 1.29 is 9.47 Å². The van der Waals surface area contributed by atoms with Crippen LogP contribution in [0.15, 0.2) is 28.4 Å². The minimum Gasteiger partial charge on any atom is -0.454 e. The first-order chi connectivity index (χ1) is 13.2. The highest BCUT2D eigenvalue weighted by Crippen LogP contribution is 2.45. The summed E-state index contributed by atoms with van der Waals surface area (Å²) in [6.07, 6.45) is 6.39. The second kappa shape index (κ2) is 5.83. The molecule has 3 heterocycles. The van der Waals surface area contributed by atoms with Crippen LogP contribution in [-0.2, 0) is 0 Å². The summed E-state index contributed by atoms with van der Waals surface area (Å²) < 4.78 is 12.7. The largest absolute Gasteiger partial charge is 0.454 e. The Morgan fingerprint density at radius 1 is 1.00 bits per heavy atom. The highest BCUT2D eigenvalue weighted by Gasteiger charge is 2.44. The van der Waals surface area contributed by atoms with Crippen LogP contribution in [-0.4, -0.2) is 44.6 Å². The summed E-state index contributed by atoms with van der Waals surface area (Å²) in [6.45, 7) is 0.160. The number of fused-ring (bicyclic) bond motifs is 1. The average Bonchev–Trinajstić information content (AvgIpc) is 3.32. The van der Waals surface area contributed by atoms with E-state index < -0.39 is 5.66 Å². The van der Waals surface area contributed by atoms with Gasteiger partial charge in [0.25, 0.3) is 0 Å². The summed E-state index contributed by atoms with van der Waals surface area (Å²) in [4.78, 5) is 10.9. The van der Waals surface area contributed by atoms with Crippen LogP contribution in [0.5, 0.6) is 11.5 Å². The van der Waals surface area contributed by atoms with Gasteiger partial charge < -0.3 is 20.9 Å². The molecule has 3 aliphatic rings. The molecule has 27 heavy (non-hydrogen) atoms. The van der Waals surface area contributed by atoms with E-state index in [1.54, 1.807) is 4.68 Å². The van der Waals surface area contributed by atoms with Gasteiger partial charge in [-0.05, 0) is 36.1 Å². The molecule has 11 heteroatoms. The number of rotatable bonds is 2. The third-order valence-corrected chi connectivity index (χ3v) is 5.16. The van der Waals surface area contributed by atoms with Crippen molar-refractivity contribution in [2.75, 3.05) is 11.7 Å². The third-order valence-electron chi connectivity index (χ3n) is 5.16. The van der Waals surface area contributed by atoms with E-state index in [1.165, 1.54) is 6.33 Å². The lowest BCUT2D eigenvalue weighted by Gasteiger charge is -2.46. The first-order valence-corrected chi connectivity index (χ1v) is 8.83. The molecule has 0 bridgehead atoms. The van der Waals surface area contributed by atoms with Gasteiger partial charge >= 0.3 is 0 Å². The molecule has 4 N–H and O–H groups in total. The van der Waals surface area contributed by atoms with Crippen LogP contribution in [0.2, 0.25) is 0 Å². The van der Waals surface area contributed by atoms with E-state index >= 15 is 0 Å². The van der Waals surface area contributed by atoms with Crippen LogP contribution in [0.3, 0.4) is 0 Å². The van der Waals surface area contributed by atoms with Gasteiger partial charge in [-0.25, -0.2) is 4.99 Å². The van der Waals surface area contributed by atoms with E-state index in [2.05, 4.69) is 20.5 Å². The number of nitrogens with two attached hydrogens (primary N) is 2. The highest BCUT2D eigenvalue weighted by atomic mass is 16.7. The van der Waals surface area contributed by atoms with Gasteiger partial charge in [-0.2, -0.15) is 9.67 Å². The normalized spacial score (nSPS) is 20.5. The summed E-state index contributed by atoms with van der Waals surface area (Å²) in [5.74, 6) is 1.74. The molecule has 1 saturated carbocycles. The monoisotopic (exact) mass is 369 g/mol. The number of guanidine groups is 2. The number of aromatic nitrogens is 4. The summed E-state index contributed by atoms with van der Waals surface area (Å²) in [5, 5.41) is 11.5. The smallest absolute Gasteiger partial charge is 0.231 e. The topological polar surface area (TPSA) is 142 Å². The van der Waals surface area contributed by atoms with Crippen LogP contribution >= 0.6 is 0 Å². The molecular weight excluding hydrogens is 350 g/mol. The number of nitrogens with zero attached hydrogens (tertiary/aromatic N) is 7. The first-order valence-electron chi connectivity index (χ1n) is 8.83. The first kappa shape index (κ1) is 15.9. The minimum absolute atomic E-state index is 0.160. The van der Waals surface area contributed by atoms with E-state index in [4.69, 9.17) is 25.9 Å². The summed E-state index contributed by atoms with van der Waals surface area (Å²) in [7, 11) is 0. The fraction of sp³-hybridized carbons (Fsp3) is 0.438. The molecule has 1 aromatic heterocycles. The Morgan fingerprint density at radius 2 is 1.74 bits per heavy atom. The van der Waals surface area contributed by atoms with Crippen LogP contribution in [0, 0.1) is 0 Å². The van der Waals surface area contributed by atoms with E-state index in [1.807, 2.05) is 17.0 Å². The Labute approximate surface area is 154 Å². The van der Waals surface area contributed by atoms with Crippen molar-refractivity contribution in [3.05, 3.63) is 18.5 Å². The van der Waals surface area contributed by atoms with Gasteiger partial charge in [0.1, 0.15) is 12.0 Å². The van der Waals surface area contributed by atoms with Crippen LogP contribution in [0.4, 0.5) is 5.69 Å². The molecule has 1 aliphatic carbocycles. The minimum atomic E-state index is -0.579. The van der Waals surface area contributed by atoms with Crippen LogP contribution in [0.1, 0.15) is 32.1 Å². The van der Waals surface area contributed by atoms with Gasteiger partial charge in [0.05, 0.1) is 11.4 Å². The summed E-state index contributed by atoms with van der Waals surface area (Å²) in [6, 6.07) is 3.70. The van der Waals surface area contributed by atoms with Gasteiger partial charge in [0.15, 0.2) is 11.5 Å². The second-order valence-corrected chi connectivity index (χ2v) is 6.77. The quantitative estimate of drug-likeness (QED) is 0.779. The lowest BCUT2D eigenvalue weighted by Crippen LogP contribution is -2.58. The zero-order chi connectivity index (χ0) is 18.4. The summed E-state index contributed by atoms with van der Waals surface area (Å²) in [5.41, 5.74) is 13.2. The lowest BCUT2D eigenvalue weighted by atomic mass is 9.87. The van der Waals surface area contributed by atoms with Gasteiger partial charge in [-0.15, -0.1) is 5.10 Å². The van der Waals surface area contributed by atoms with Crippen LogP contribution in [0.25, 0.3) is 5.69 Å². The predicted molar refractivity (Wildman–Crippen MR) is 96.8 cm³/mol. The predicted octanol–water partition coefficient (Wildman–Crippen LogP) is 0.501. The number of aliphatic imine (C=N–C) groups is 2. The van der Waals surface area contributed by atoms with Crippen molar-refractivity contribution in [2.24, 2.45) is 21.5 Å². The molecule has 1 aromatic carbocycles. The standard InChI is InChI=1S/C16H19N9O2/c17-14-20-15(18)25(16(21-14)4-2-1-3-5-16)11-7-13-12(26-9-27-13)6-10(11)24-8-19-22-23-24/h6-8H,1-5,9H2,(H4,17,18,20,21). The SMILES string of the molecule is NC1=NC2(CCCCC2)N(c2cc3c(cc2-n2cnnn2)OCO3)C(N)=N1. The number of tetrazole rings is 1. The maximum atomic E-state index is 6.36. The Hall–Kier alpha value is -3.37. The molecule has 11 nitrogen and oxygen atoms in total. The van der Waals surface area contributed by atoms with Crippen molar-refractivity contribution >= 4 is 17.6 Å². The average molecular weight is 369 g/mol. The van der Waals surface area contributed by atoms with Crippen LogP contribution < -0.4 is 25.8 Å². The fourth-order valence-corrected chi connectivity index (χ4v) is 4.02. The van der Waals surface area contributed by atoms with E-state index in [9.17, 15) is 0 Å². The fourth-order valence-electron chi connectivity index (χ4n) is 4.02. The molecule has 0 atom stereocenters. The van der Waals surface area contributed by atoms with E-state index in [-0.39, 0.29) is 18.7 Å². The molecule has 2 aliphatic heterocycles. The van der Waals surface area contributed by atoms with Crippen molar-refractivity contribution in [1.29, 1.82) is 0 Å². The van der Waals surface area contributed by atoms with Gasteiger partial charge in [0, 0.05) is 12.1 Å². The van der Waals surface area contributed by atoms with Crippen molar-refractivity contribution in [3.63, 3.8) is 0 Å². The molecule has 2 aromatic rings. The Balaban J connectivity index is 1.72. The maximum Gasteiger partial charge on any atom is 0.231 e. The Bertz CT molecular complexity index is 932. The molecule has 1 spiro atoms. The molecule has 0 radical (unpaired) electrons. The number of anilines is 1. The Kier molecular flexibility index (Phi) is 3.42. The molecular formula is C16H19N9O2. The number of benzene rings is 1. The molecule has 5 rings (SSSR count). The van der Waals surface area contributed by atoms with E-state index in [0.717, 1.165) is 37.8 Å². The van der Waals surface area contributed by atoms with Gasteiger partial charge in [-0.3, -0.25) is 4.90 Å². The molecule has 0 saturated heterocycles. The summed E-state index contributed by atoms with van der Waals surface area (Å²) >= 11 is 0. The number of ether oxygens (including phenoxy) is 2. The zero-order valence-electron chi connectivity index (χ0n) is 14.6. The van der Waals surface area contributed by atoms with Crippen molar-refractivity contribution in [3.8, 4) is 17.2 Å². The number of hydrogen-bond acceptors (Lipinski definition) is 10. The van der Waals surface area contributed by atoms with Crippen molar-refractivity contribution in [2.45, 2.75) is 37.8 Å². The third kappa shape index (κ3) is 2.46. The highest BCUT2D eigenvalue weighted by molar-refractivity contribution is 6.06. The molecule has 140 valence electrons. The molecule has 0 amide bonds.